The quantitative estimate of drug-likeness (QED) is 0.751. The predicted molar refractivity (Wildman–Crippen MR) is 72.9 cm³/mol. The molecule has 1 heterocycles. The maximum absolute atomic E-state index is 11.9. The van der Waals surface area contributed by atoms with E-state index in [2.05, 4.69) is 42.5 Å². The summed E-state index contributed by atoms with van der Waals surface area (Å²) in [5.41, 5.74) is 0.709. The second-order valence-corrected chi connectivity index (χ2v) is 5.64. The van der Waals surface area contributed by atoms with E-state index in [0.717, 1.165) is 8.95 Å². The zero-order valence-corrected chi connectivity index (χ0v) is 12.1. The van der Waals surface area contributed by atoms with Gasteiger partial charge >= 0.3 is 0 Å². The van der Waals surface area contributed by atoms with Crippen molar-refractivity contribution in [3.8, 4) is 0 Å². The third-order valence-corrected chi connectivity index (χ3v) is 3.96. The number of rotatable bonds is 2. The molecule has 1 aliphatic heterocycles. The highest BCUT2D eigenvalue weighted by Crippen LogP contribution is 2.30. The van der Waals surface area contributed by atoms with Gasteiger partial charge in [-0.1, -0.05) is 6.07 Å². The molecule has 17 heavy (non-hydrogen) atoms. The molecule has 0 bridgehead atoms. The standard InChI is InChI=1S/C11H12Br2N2O2/c12-7-2-1-3-8(13)10(7)15-11(17)9-4-6(16)5-14-9/h1-3,6,9,14,16H,4-5H2,(H,15,17). The molecule has 1 amide bonds. The number of hydrogen-bond donors (Lipinski definition) is 3. The largest absolute Gasteiger partial charge is 0.392 e. The number of halogens is 2. The van der Waals surface area contributed by atoms with Gasteiger partial charge in [-0.15, -0.1) is 0 Å². The summed E-state index contributed by atoms with van der Waals surface area (Å²) in [5.74, 6) is -0.130. The Kier molecular flexibility index (Phi) is 4.19. The minimum atomic E-state index is -0.437. The summed E-state index contributed by atoms with van der Waals surface area (Å²) in [4.78, 5) is 11.9. The third kappa shape index (κ3) is 3.07. The molecule has 1 fully saturated rings. The van der Waals surface area contributed by atoms with Crippen LogP contribution in [0.4, 0.5) is 5.69 Å². The second kappa shape index (κ2) is 5.48. The van der Waals surface area contributed by atoms with Crippen LogP contribution in [-0.2, 0) is 4.79 Å². The number of aliphatic hydroxyl groups excluding tert-OH is 1. The van der Waals surface area contributed by atoms with E-state index >= 15 is 0 Å². The lowest BCUT2D eigenvalue weighted by molar-refractivity contribution is -0.117. The Balaban J connectivity index is 2.08. The highest BCUT2D eigenvalue weighted by Gasteiger charge is 2.28. The molecule has 0 aromatic heterocycles. The summed E-state index contributed by atoms with van der Waals surface area (Å²) in [5, 5.41) is 15.2. The fraction of sp³-hybridized carbons (Fsp3) is 0.364. The number of amides is 1. The molecular formula is C11H12Br2N2O2. The van der Waals surface area contributed by atoms with Crippen molar-refractivity contribution in [2.24, 2.45) is 0 Å². The van der Waals surface area contributed by atoms with Crippen molar-refractivity contribution in [3.05, 3.63) is 27.1 Å². The lowest BCUT2D eigenvalue weighted by atomic mass is 10.2. The Hall–Kier alpha value is -0.430. The van der Waals surface area contributed by atoms with E-state index < -0.39 is 6.10 Å². The Labute approximate surface area is 116 Å². The summed E-state index contributed by atoms with van der Waals surface area (Å²) in [6.45, 7) is 0.467. The molecule has 0 radical (unpaired) electrons. The number of benzene rings is 1. The van der Waals surface area contributed by atoms with Crippen LogP contribution >= 0.6 is 31.9 Å². The fourth-order valence-electron chi connectivity index (χ4n) is 1.74. The van der Waals surface area contributed by atoms with Gasteiger partial charge in [0, 0.05) is 15.5 Å². The molecular weight excluding hydrogens is 352 g/mol. The van der Waals surface area contributed by atoms with Gasteiger partial charge in [-0.05, 0) is 50.4 Å². The number of hydrogen-bond acceptors (Lipinski definition) is 3. The minimum Gasteiger partial charge on any atom is -0.392 e. The van der Waals surface area contributed by atoms with Gasteiger partial charge < -0.3 is 15.7 Å². The van der Waals surface area contributed by atoms with Crippen LogP contribution < -0.4 is 10.6 Å². The van der Waals surface area contributed by atoms with Crippen LogP contribution in [0.3, 0.4) is 0 Å². The predicted octanol–water partition coefficient (Wildman–Crippen LogP) is 1.87. The number of β-amino-alcohol motifs (C(OH)–C–C–N with tert-alkyl or cyclic N) is 1. The van der Waals surface area contributed by atoms with E-state index in [1.807, 2.05) is 18.2 Å². The number of nitrogens with one attached hydrogen (secondary N) is 2. The first-order chi connectivity index (χ1) is 8.08. The number of para-hydroxylation sites is 1. The van der Waals surface area contributed by atoms with Crippen LogP contribution in [0, 0.1) is 0 Å². The lowest BCUT2D eigenvalue weighted by Crippen LogP contribution is -2.35. The first-order valence-electron chi connectivity index (χ1n) is 5.24. The molecule has 92 valence electrons. The molecule has 3 N–H and O–H groups in total. The van der Waals surface area contributed by atoms with Crippen LogP contribution in [0.5, 0.6) is 0 Å². The smallest absolute Gasteiger partial charge is 0.241 e. The van der Waals surface area contributed by atoms with Crippen molar-refractivity contribution >= 4 is 43.5 Å². The van der Waals surface area contributed by atoms with Crippen molar-refractivity contribution in [2.75, 3.05) is 11.9 Å². The van der Waals surface area contributed by atoms with Gasteiger partial charge in [0.25, 0.3) is 0 Å². The summed E-state index contributed by atoms with van der Waals surface area (Å²) < 4.78 is 1.64. The Morgan fingerprint density at radius 2 is 2.06 bits per heavy atom. The van der Waals surface area contributed by atoms with Crippen molar-refractivity contribution < 1.29 is 9.90 Å². The summed E-state index contributed by atoms with van der Waals surface area (Å²) in [6.07, 6.45) is 0.0156. The highest BCUT2D eigenvalue weighted by atomic mass is 79.9. The molecule has 0 spiro atoms. The zero-order chi connectivity index (χ0) is 12.4. The van der Waals surface area contributed by atoms with E-state index in [1.54, 1.807) is 0 Å². The SMILES string of the molecule is O=C(Nc1c(Br)cccc1Br)C1CC(O)CN1. The molecule has 6 heteroatoms. The van der Waals surface area contributed by atoms with Gasteiger partial charge in [0.05, 0.1) is 17.8 Å². The molecule has 0 aliphatic carbocycles. The highest BCUT2D eigenvalue weighted by molar-refractivity contribution is 9.11. The zero-order valence-electron chi connectivity index (χ0n) is 8.91. The van der Waals surface area contributed by atoms with Crippen molar-refractivity contribution in [2.45, 2.75) is 18.6 Å². The second-order valence-electron chi connectivity index (χ2n) is 3.94. The van der Waals surface area contributed by atoms with E-state index in [4.69, 9.17) is 0 Å². The van der Waals surface area contributed by atoms with Crippen molar-refractivity contribution in [3.63, 3.8) is 0 Å². The fourth-order valence-corrected chi connectivity index (χ4v) is 2.94. The van der Waals surface area contributed by atoms with Gasteiger partial charge in [-0.3, -0.25) is 4.79 Å². The normalized spacial score (nSPS) is 23.7. The van der Waals surface area contributed by atoms with Gasteiger partial charge in [0.15, 0.2) is 0 Å². The number of carbonyl (C=O) groups is 1. The molecule has 1 saturated heterocycles. The summed E-state index contributed by atoms with van der Waals surface area (Å²) in [7, 11) is 0. The van der Waals surface area contributed by atoms with E-state index in [9.17, 15) is 9.90 Å². The molecule has 2 atom stereocenters. The maximum Gasteiger partial charge on any atom is 0.241 e. The monoisotopic (exact) mass is 362 g/mol. The van der Waals surface area contributed by atoms with Crippen LogP contribution in [0.25, 0.3) is 0 Å². The van der Waals surface area contributed by atoms with Crippen LogP contribution in [0.1, 0.15) is 6.42 Å². The molecule has 2 rings (SSSR count). The molecule has 0 saturated carbocycles. The summed E-state index contributed by atoms with van der Waals surface area (Å²) >= 11 is 6.76. The topological polar surface area (TPSA) is 61.4 Å². The average molecular weight is 364 g/mol. The average Bonchev–Trinajstić information content (AvgIpc) is 2.70. The van der Waals surface area contributed by atoms with E-state index in [1.165, 1.54) is 0 Å². The molecule has 4 nitrogen and oxygen atoms in total. The van der Waals surface area contributed by atoms with Crippen molar-refractivity contribution in [1.29, 1.82) is 0 Å². The number of aliphatic hydroxyl groups is 1. The Bertz CT molecular complexity index is 419. The third-order valence-electron chi connectivity index (χ3n) is 2.64. The first-order valence-corrected chi connectivity index (χ1v) is 6.83. The minimum absolute atomic E-state index is 0.130. The molecule has 1 aliphatic rings. The molecule has 1 aromatic rings. The van der Waals surface area contributed by atoms with Crippen molar-refractivity contribution in [1.82, 2.24) is 5.32 Å². The number of carbonyl (C=O) groups excluding carboxylic acids is 1. The van der Waals surface area contributed by atoms with Crippen LogP contribution in [0.15, 0.2) is 27.1 Å². The van der Waals surface area contributed by atoms with Gasteiger partial charge in [0.2, 0.25) is 5.91 Å². The lowest BCUT2D eigenvalue weighted by Gasteiger charge is -2.13. The summed E-state index contributed by atoms with van der Waals surface area (Å²) in [6, 6.07) is 5.26. The van der Waals surface area contributed by atoms with Gasteiger partial charge in [-0.25, -0.2) is 0 Å². The van der Waals surface area contributed by atoms with Gasteiger partial charge in [-0.2, -0.15) is 0 Å². The Morgan fingerprint density at radius 1 is 1.41 bits per heavy atom. The van der Waals surface area contributed by atoms with Crippen LogP contribution in [-0.4, -0.2) is 29.7 Å². The van der Waals surface area contributed by atoms with Crippen LogP contribution in [0.2, 0.25) is 0 Å². The van der Waals surface area contributed by atoms with Gasteiger partial charge in [0.1, 0.15) is 0 Å². The van der Waals surface area contributed by atoms with E-state index in [0.29, 0.717) is 18.7 Å². The maximum atomic E-state index is 11.9. The molecule has 1 aromatic carbocycles. The Morgan fingerprint density at radius 3 is 2.59 bits per heavy atom. The number of anilines is 1. The van der Waals surface area contributed by atoms with E-state index in [-0.39, 0.29) is 11.9 Å². The first kappa shape index (κ1) is 13.0. The molecule has 2 unspecified atom stereocenters.